The van der Waals surface area contributed by atoms with Gasteiger partial charge in [0.15, 0.2) is 0 Å². The smallest absolute Gasteiger partial charge is 0.276 e. The number of hydrogen-bond acceptors (Lipinski definition) is 5. The zero-order chi connectivity index (χ0) is 17.7. The van der Waals surface area contributed by atoms with Crippen molar-refractivity contribution in [1.29, 1.82) is 0 Å². The molecule has 1 aromatic heterocycles. The Labute approximate surface area is 140 Å². The Balaban J connectivity index is 2.28. The summed E-state index contributed by atoms with van der Waals surface area (Å²) in [6.07, 6.45) is 0. The number of rotatable bonds is 6. The highest BCUT2D eigenvalue weighted by molar-refractivity contribution is 6.03. The van der Waals surface area contributed by atoms with E-state index in [0.29, 0.717) is 23.7 Å². The number of ether oxygens (including phenoxy) is 2. The highest BCUT2D eigenvalue weighted by Crippen LogP contribution is 2.29. The molecular weight excluding hydrogens is 310 g/mol. The first-order valence-corrected chi connectivity index (χ1v) is 7.56. The quantitative estimate of drug-likeness (QED) is 0.877. The van der Waals surface area contributed by atoms with Crippen molar-refractivity contribution >= 4 is 11.6 Å². The molecule has 2 rings (SSSR count). The molecule has 0 aliphatic heterocycles. The minimum absolute atomic E-state index is 0.153. The molecule has 1 heterocycles. The summed E-state index contributed by atoms with van der Waals surface area (Å²) in [5.74, 6) is 0.898. The van der Waals surface area contributed by atoms with Crippen molar-refractivity contribution in [2.24, 2.45) is 5.92 Å². The molecular formula is C17H21N3O4. The van der Waals surface area contributed by atoms with Gasteiger partial charge in [-0.25, -0.2) is 4.68 Å². The molecule has 7 heteroatoms. The lowest BCUT2D eigenvalue weighted by Gasteiger charge is -2.12. The molecule has 0 spiro atoms. The van der Waals surface area contributed by atoms with E-state index in [4.69, 9.17) is 9.47 Å². The summed E-state index contributed by atoms with van der Waals surface area (Å²) in [4.78, 5) is 24.2. The molecule has 2 aromatic rings. The molecule has 0 bridgehead atoms. The van der Waals surface area contributed by atoms with Crippen LogP contribution in [-0.4, -0.2) is 29.9 Å². The standard InChI is InChI=1S/C17H21N3O4/c1-11(2)10-20-16(21)8-6-13(19-20)17(22)18-14-9-12(23-3)5-7-15(14)24-4/h5-9,11H,10H2,1-4H3,(H,18,22). The second-order valence-corrected chi connectivity index (χ2v) is 5.65. The Hall–Kier alpha value is -2.83. The van der Waals surface area contributed by atoms with Crippen LogP contribution < -0.4 is 20.3 Å². The van der Waals surface area contributed by atoms with Crippen LogP contribution in [0.15, 0.2) is 35.1 Å². The van der Waals surface area contributed by atoms with Gasteiger partial charge in [-0.1, -0.05) is 13.8 Å². The number of carbonyl (C=O) groups excluding carboxylic acids is 1. The lowest BCUT2D eigenvalue weighted by molar-refractivity contribution is 0.101. The fourth-order valence-corrected chi connectivity index (χ4v) is 2.14. The number of hydrogen-bond donors (Lipinski definition) is 1. The van der Waals surface area contributed by atoms with Gasteiger partial charge in [0.25, 0.3) is 11.5 Å². The van der Waals surface area contributed by atoms with Gasteiger partial charge in [0.1, 0.15) is 17.2 Å². The molecule has 0 atom stereocenters. The first kappa shape index (κ1) is 17.5. The Morgan fingerprint density at radius 1 is 1.21 bits per heavy atom. The summed E-state index contributed by atoms with van der Waals surface area (Å²) in [5.41, 5.74) is 0.379. The summed E-state index contributed by atoms with van der Waals surface area (Å²) in [6.45, 7) is 4.40. The van der Waals surface area contributed by atoms with Gasteiger partial charge in [0.05, 0.1) is 19.9 Å². The van der Waals surface area contributed by atoms with E-state index in [1.165, 1.54) is 31.0 Å². The van der Waals surface area contributed by atoms with Gasteiger partial charge in [-0.05, 0) is 24.1 Å². The Morgan fingerprint density at radius 2 is 1.96 bits per heavy atom. The van der Waals surface area contributed by atoms with Crippen LogP contribution in [0.2, 0.25) is 0 Å². The van der Waals surface area contributed by atoms with Gasteiger partial charge in [0.2, 0.25) is 0 Å². The van der Waals surface area contributed by atoms with Crippen molar-refractivity contribution in [2.45, 2.75) is 20.4 Å². The van der Waals surface area contributed by atoms with Crippen molar-refractivity contribution in [1.82, 2.24) is 9.78 Å². The van der Waals surface area contributed by atoms with Crippen LogP contribution in [0.1, 0.15) is 24.3 Å². The molecule has 1 amide bonds. The lowest BCUT2D eigenvalue weighted by atomic mass is 10.2. The van der Waals surface area contributed by atoms with Gasteiger partial charge in [-0.2, -0.15) is 5.10 Å². The van der Waals surface area contributed by atoms with Crippen LogP contribution in [0, 0.1) is 5.92 Å². The summed E-state index contributed by atoms with van der Waals surface area (Å²) in [7, 11) is 3.05. The highest BCUT2D eigenvalue weighted by atomic mass is 16.5. The topological polar surface area (TPSA) is 82.5 Å². The SMILES string of the molecule is COc1ccc(OC)c(NC(=O)c2ccc(=O)n(CC(C)C)n2)c1. The number of nitrogens with one attached hydrogen (secondary N) is 1. The van der Waals surface area contributed by atoms with Gasteiger partial charge in [-0.3, -0.25) is 9.59 Å². The zero-order valence-electron chi connectivity index (χ0n) is 14.2. The Bertz CT molecular complexity index is 784. The van der Waals surface area contributed by atoms with Crippen LogP contribution >= 0.6 is 0 Å². The molecule has 0 saturated carbocycles. The van der Waals surface area contributed by atoms with E-state index >= 15 is 0 Å². The number of benzene rings is 1. The number of nitrogens with zero attached hydrogens (tertiary/aromatic N) is 2. The predicted octanol–water partition coefficient (Wildman–Crippen LogP) is 2.17. The minimum atomic E-state index is -0.431. The zero-order valence-corrected chi connectivity index (χ0v) is 14.2. The average molecular weight is 331 g/mol. The minimum Gasteiger partial charge on any atom is -0.497 e. The van der Waals surface area contributed by atoms with Crippen molar-refractivity contribution in [3.05, 3.63) is 46.4 Å². The van der Waals surface area contributed by atoms with E-state index in [2.05, 4.69) is 10.4 Å². The summed E-state index contributed by atoms with van der Waals surface area (Å²) < 4.78 is 11.7. The van der Waals surface area contributed by atoms with E-state index in [1.807, 2.05) is 13.8 Å². The second kappa shape index (κ2) is 7.63. The number of carbonyl (C=O) groups is 1. The highest BCUT2D eigenvalue weighted by Gasteiger charge is 2.14. The molecule has 0 aliphatic rings. The number of aromatic nitrogens is 2. The maximum atomic E-state index is 12.4. The normalized spacial score (nSPS) is 10.5. The fourth-order valence-electron chi connectivity index (χ4n) is 2.14. The third-order valence-electron chi connectivity index (χ3n) is 3.29. The first-order chi connectivity index (χ1) is 11.4. The molecule has 0 fully saturated rings. The molecule has 0 unspecified atom stereocenters. The van der Waals surface area contributed by atoms with Crippen molar-refractivity contribution < 1.29 is 14.3 Å². The number of anilines is 1. The van der Waals surface area contributed by atoms with Crippen LogP contribution in [0.25, 0.3) is 0 Å². The van der Waals surface area contributed by atoms with Crippen LogP contribution in [0.5, 0.6) is 11.5 Å². The Morgan fingerprint density at radius 3 is 2.58 bits per heavy atom. The van der Waals surface area contributed by atoms with E-state index in [0.717, 1.165) is 0 Å². The van der Waals surface area contributed by atoms with Gasteiger partial charge < -0.3 is 14.8 Å². The second-order valence-electron chi connectivity index (χ2n) is 5.65. The molecule has 128 valence electrons. The van der Waals surface area contributed by atoms with E-state index in [9.17, 15) is 9.59 Å². The molecule has 0 radical (unpaired) electrons. The van der Waals surface area contributed by atoms with Crippen molar-refractivity contribution in [2.75, 3.05) is 19.5 Å². The summed E-state index contributed by atoms with van der Waals surface area (Å²) in [6, 6.07) is 7.83. The van der Waals surface area contributed by atoms with Crippen molar-refractivity contribution in [3.8, 4) is 11.5 Å². The summed E-state index contributed by atoms with van der Waals surface area (Å²) >= 11 is 0. The predicted molar refractivity (Wildman–Crippen MR) is 90.8 cm³/mol. The molecule has 1 N–H and O–H groups in total. The van der Waals surface area contributed by atoms with Crippen LogP contribution in [0.4, 0.5) is 5.69 Å². The first-order valence-electron chi connectivity index (χ1n) is 7.56. The maximum absolute atomic E-state index is 12.4. The van der Waals surface area contributed by atoms with Crippen LogP contribution in [-0.2, 0) is 6.54 Å². The molecule has 1 aromatic carbocycles. The maximum Gasteiger partial charge on any atom is 0.276 e. The van der Waals surface area contributed by atoms with E-state index < -0.39 is 5.91 Å². The lowest BCUT2D eigenvalue weighted by Crippen LogP contribution is -2.27. The molecule has 24 heavy (non-hydrogen) atoms. The molecule has 7 nitrogen and oxygen atoms in total. The summed E-state index contributed by atoms with van der Waals surface area (Å²) in [5, 5.41) is 6.86. The third-order valence-corrected chi connectivity index (χ3v) is 3.29. The Kier molecular flexibility index (Phi) is 5.57. The number of methoxy groups -OCH3 is 2. The molecule has 0 saturated heterocycles. The third kappa shape index (κ3) is 4.13. The van der Waals surface area contributed by atoms with Crippen molar-refractivity contribution in [3.63, 3.8) is 0 Å². The largest absolute Gasteiger partial charge is 0.497 e. The average Bonchev–Trinajstić information content (AvgIpc) is 2.56. The van der Waals surface area contributed by atoms with Gasteiger partial charge in [0, 0.05) is 18.7 Å². The fraction of sp³-hybridized carbons (Fsp3) is 0.353. The monoisotopic (exact) mass is 331 g/mol. The van der Waals surface area contributed by atoms with Gasteiger partial charge >= 0.3 is 0 Å². The van der Waals surface area contributed by atoms with Gasteiger partial charge in [-0.15, -0.1) is 0 Å². The van der Waals surface area contributed by atoms with Crippen LogP contribution in [0.3, 0.4) is 0 Å². The molecule has 0 aliphatic carbocycles. The van der Waals surface area contributed by atoms with E-state index in [-0.39, 0.29) is 17.2 Å². The van der Waals surface area contributed by atoms with E-state index in [1.54, 1.807) is 18.2 Å². The number of amides is 1.